The molecule has 1 fully saturated rings. The molecule has 0 spiro atoms. The largest absolute Gasteiger partial charge is 0.378 e. The predicted molar refractivity (Wildman–Crippen MR) is 55.4 cm³/mol. The molecule has 1 heterocycles. The van der Waals surface area contributed by atoms with Gasteiger partial charge in [0.1, 0.15) is 5.15 Å². The van der Waals surface area contributed by atoms with Gasteiger partial charge in [-0.1, -0.05) is 11.6 Å². The van der Waals surface area contributed by atoms with Gasteiger partial charge in [-0.05, 0) is 25.7 Å². The van der Waals surface area contributed by atoms with Gasteiger partial charge in [0, 0.05) is 13.2 Å². The Labute approximate surface area is 89.0 Å². The van der Waals surface area contributed by atoms with Crippen molar-refractivity contribution in [2.45, 2.75) is 32.4 Å². The maximum atomic E-state index is 6.09. The van der Waals surface area contributed by atoms with Gasteiger partial charge in [-0.2, -0.15) is 5.10 Å². The standard InChI is InChI=1S/C10H15ClN2O/c1-7(8-3-4-8)13-10(11)5-9(12-13)6-14-2/h5,7-8H,3-4,6H2,1-2H3. The molecule has 1 aromatic heterocycles. The molecule has 1 aliphatic carbocycles. The van der Waals surface area contributed by atoms with Crippen LogP contribution in [0.5, 0.6) is 0 Å². The molecule has 2 rings (SSSR count). The Morgan fingerprint density at radius 2 is 2.43 bits per heavy atom. The zero-order valence-corrected chi connectivity index (χ0v) is 9.29. The number of rotatable bonds is 4. The van der Waals surface area contributed by atoms with Crippen LogP contribution in [0.15, 0.2) is 6.07 Å². The molecule has 0 amide bonds. The molecule has 0 bridgehead atoms. The van der Waals surface area contributed by atoms with Crippen LogP contribution in [-0.4, -0.2) is 16.9 Å². The van der Waals surface area contributed by atoms with Crippen molar-refractivity contribution in [2.75, 3.05) is 7.11 Å². The van der Waals surface area contributed by atoms with Crippen LogP contribution < -0.4 is 0 Å². The molecule has 4 heteroatoms. The summed E-state index contributed by atoms with van der Waals surface area (Å²) in [6.45, 7) is 2.71. The number of methoxy groups -OCH3 is 1. The first kappa shape index (κ1) is 9.99. The van der Waals surface area contributed by atoms with Crippen LogP contribution >= 0.6 is 11.6 Å². The van der Waals surface area contributed by atoms with E-state index in [1.54, 1.807) is 7.11 Å². The molecule has 0 saturated heterocycles. The molecule has 0 aromatic carbocycles. The molecule has 1 aromatic rings. The quantitative estimate of drug-likeness (QED) is 0.771. The van der Waals surface area contributed by atoms with Crippen LogP contribution in [0.3, 0.4) is 0 Å². The molecule has 0 N–H and O–H groups in total. The Morgan fingerprint density at radius 3 is 3.00 bits per heavy atom. The topological polar surface area (TPSA) is 27.1 Å². The Balaban J connectivity index is 2.15. The van der Waals surface area contributed by atoms with Crippen molar-refractivity contribution in [3.8, 4) is 0 Å². The Kier molecular flexibility index (Phi) is 2.79. The summed E-state index contributed by atoms with van der Waals surface area (Å²) in [7, 11) is 1.66. The zero-order chi connectivity index (χ0) is 10.1. The molecular weight excluding hydrogens is 200 g/mol. The second-order valence-corrected chi connectivity index (χ2v) is 4.30. The van der Waals surface area contributed by atoms with Crippen LogP contribution in [0.25, 0.3) is 0 Å². The zero-order valence-electron chi connectivity index (χ0n) is 8.53. The van der Waals surface area contributed by atoms with Gasteiger partial charge in [0.15, 0.2) is 0 Å². The first-order chi connectivity index (χ1) is 6.72. The van der Waals surface area contributed by atoms with Gasteiger partial charge in [-0.3, -0.25) is 4.68 Å². The third-order valence-electron chi connectivity index (χ3n) is 2.72. The highest BCUT2D eigenvalue weighted by Gasteiger charge is 2.30. The summed E-state index contributed by atoms with van der Waals surface area (Å²) >= 11 is 6.09. The number of hydrogen-bond donors (Lipinski definition) is 0. The Morgan fingerprint density at radius 1 is 1.71 bits per heavy atom. The lowest BCUT2D eigenvalue weighted by atomic mass is 10.2. The summed E-state index contributed by atoms with van der Waals surface area (Å²) in [5.41, 5.74) is 0.907. The number of aromatic nitrogens is 2. The van der Waals surface area contributed by atoms with E-state index >= 15 is 0 Å². The summed E-state index contributed by atoms with van der Waals surface area (Å²) < 4.78 is 6.93. The normalized spacial score (nSPS) is 18.5. The average molecular weight is 215 g/mol. The summed E-state index contributed by atoms with van der Waals surface area (Å²) in [4.78, 5) is 0. The van der Waals surface area contributed by atoms with Crippen molar-refractivity contribution in [2.24, 2.45) is 5.92 Å². The maximum Gasteiger partial charge on any atom is 0.127 e. The van der Waals surface area contributed by atoms with Crippen LogP contribution in [-0.2, 0) is 11.3 Å². The number of hydrogen-bond acceptors (Lipinski definition) is 2. The number of nitrogens with zero attached hydrogens (tertiary/aromatic N) is 2. The van der Waals surface area contributed by atoms with Crippen LogP contribution in [0, 0.1) is 5.92 Å². The molecule has 78 valence electrons. The van der Waals surface area contributed by atoms with Gasteiger partial charge in [-0.15, -0.1) is 0 Å². The lowest BCUT2D eigenvalue weighted by Gasteiger charge is -2.11. The van der Waals surface area contributed by atoms with E-state index in [0.29, 0.717) is 12.6 Å². The van der Waals surface area contributed by atoms with E-state index < -0.39 is 0 Å². The molecule has 0 radical (unpaired) electrons. The molecular formula is C10H15ClN2O. The van der Waals surface area contributed by atoms with Crippen molar-refractivity contribution in [3.05, 3.63) is 16.9 Å². The second kappa shape index (κ2) is 3.91. The molecule has 0 aliphatic heterocycles. The van der Waals surface area contributed by atoms with Crippen LogP contribution in [0.4, 0.5) is 0 Å². The molecule has 1 aliphatic rings. The average Bonchev–Trinajstić information content (AvgIpc) is 2.91. The van der Waals surface area contributed by atoms with Crippen molar-refractivity contribution >= 4 is 11.6 Å². The fourth-order valence-electron chi connectivity index (χ4n) is 1.70. The Hall–Kier alpha value is -0.540. The maximum absolute atomic E-state index is 6.09. The minimum absolute atomic E-state index is 0.424. The van der Waals surface area contributed by atoms with Crippen molar-refractivity contribution < 1.29 is 4.74 Å². The summed E-state index contributed by atoms with van der Waals surface area (Å²) in [5.74, 6) is 0.766. The predicted octanol–water partition coefficient (Wildman–Crippen LogP) is 2.65. The van der Waals surface area contributed by atoms with Gasteiger partial charge in [0.25, 0.3) is 0 Å². The van der Waals surface area contributed by atoms with E-state index in [1.165, 1.54) is 12.8 Å². The lowest BCUT2D eigenvalue weighted by molar-refractivity contribution is 0.180. The molecule has 1 unspecified atom stereocenters. The first-order valence-electron chi connectivity index (χ1n) is 4.95. The minimum Gasteiger partial charge on any atom is -0.378 e. The van der Waals surface area contributed by atoms with Crippen LogP contribution in [0.1, 0.15) is 31.5 Å². The number of halogens is 1. The van der Waals surface area contributed by atoms with Crippen molar-refractivity contribution in [1.82, 2.24) is 9.78 Å². The first-order valence-corrected chi connectivity index (χ1v) is 5.33. The van der Waals surface area contributed by atoms with Gasteiger partial charge in [0.05, 0.1) is 18.3 Å². The SMILES string of the molecule is COCc1cc(Cl)n(C(C)C2CC2)n1. The highest BCUT2D eigenvalue weighted by Crippen LogP contribution is 2.40. The molecule has 1 atom stereocenters. The monoisotopic (exact) mass is 214 g/mol. The minimum atomic E-state index is 0.424. The number of ether oxygens (including phenoxy) is 1. The summed E-state index contributed by atoms with van der Waals surface area (Å²) in [6, 6.07) is 2.30. The van der Waals surface area contributed by atoms with Crippen molar-refractivity contribution in [1.29, 1.82) is 0 Å². The van der Waals surface area contributed by atoms with Gasteiger partial charge in [-0.25, -0.2) is 0 Å². The van der Waals surface area contributed by atoms with Gasteiger partial charge in [0.2, 0.25) is 0 Å². The van der Waals surface area contributed by atoms with Gasteiger partial charge >= 0.3 is 0 Å². The second-order valence-electron chi connectivity index (χ2n) is 3.91. The van der Waals surface area contributed by atoms with E-state index in [2.05, 4.69) is 12.0 Å². The summed E-state index contributed by atoms with van der Waals surface area (Å²) in [6.07, 6.45) is 2.61. The van der Waals surface area contributed by atoms with Crippen LogP contribution in [0.2, 0.25) is 5.15 Å². The van der Waals surface area contributed by atoms with E-state index in [1.807, 2.05) is 10.7 Å². The highest BCUT2D eigenvalue weighted by molar-refractivity contribution is 6.29. The smallest absolute Gasteiger partial charge is 0.127 e. The summed E-state index contributed by atoms with van der Waals surface area (Å²) in [5, 5.41) is 5.14. The Bertz CT molecular complexity index is 320. The molecule has 1 saturated carbocycles. The third kappa shape index (κ3) is 1.93. The van der Waals surface area contributed by atoms with Crippen molar-refractivity contribution in [3.63, 3.8) is 0 Å². The van der Waals surface area contributed by atoms with E-state index in [-0.39, 0.29) is 0 Å². The third-order valence-corrected chi connectivity index (χ3v) is 3.01. The fourth-order valence-corrected chi connectivity index (χ4v) is 2.02. The van der Waals surface area contributed by atoms with E-state index in [9.17, 15) is 0 Å². The van der Waals surface area contributed by atoms with E-state index in [0.717, 1.165) is 16.8 Å². The highest BCUT2D eigenvalue weighted by atomic mass is 35.5. The fraction of sp³-hybridized carbons (Fsp3) is 0.700. The molecule has 14 heavy (non-hydrogen) atoms. The van der Waals surface area contributed by atoms with Gasteiger partial charge < -0.3 is 4.74 Å². The lowest BCUT2D eigenvalue weighted by Crippen LogP contribution is -2.09. The van der Waals surface area contributed by atoms with E-state index in [4.69, 9.17) is 16.3 Å². The molecule has 3 nitrogen and oxygen atoms in total.